The van der Waals surface area contributed by atoms with Crippen LogP contribution in [0.5, 0.6) is 0 Å². The number of aryl methyl sites for hydroxylation is 1. The summed E-state index contributed by atoms with van der Waals surface area (Å²) in [5, 5.41) is 0. The second-order valence-corrected chi connectivity index (χ2v) is 4.93. The molecule has 0 radical (unpaired) electrons. The normalized spacial score (nSPS) is 18.3. The van der Waals surface area contributed by atoms with Crippen molar-refractivity contribution in [2.75, 3.05) is 31.6 Å². The number of anilines is 1. The van der Waals surface area contributed by atoms with Gasteiger partial charge in [0, 0.05) is 43.8 Å². The third-order valence-electron chi connectivity index (χ3n) is 3.84. The summed E-state index contributed by atoms with van der Waals surface area (Å²) in [6, 6.07) is 4.96. The molecular formula is C14H23N3. The predicted octanol–water partition coefficient (Wildman–Crippen LogP) is 2.31. The average molecular weight is 233 g/mol. The van der Waals surface area contributed by atoms with E-state index in [9.17, 15) is 0 Å². The maximum absolute atomic E-state index is 4.26. The van der Waals surface area contributed by atoms with Crippen LogP contribution in [0.15, 0.2) is 18.3 Å². The van der Waals surface area contributed by atoms with Crippen LogP contribution in [0.25, 0.3) is 0 Å². The zero-order chi connectivity index (χ0) is 12.3. The zero-order valence-corrected chi connectivity index (χ0v) is 11.2. The Labute approximate surface area is 104 Å². The molecule has 0 atom stereocenters. The van der Waals surface area contributed by atoms with Gasteiger partial charge in [-0.25, -0.2) is 0 Å². The fraction of sp³-hybridized carbons (Fsp3) is 0.643. The monoisotopic (exact) mass is 233 g/mol. The highest BCUT2D eigenvalue weighted by Crippen LogP contribution is 2.21. The van der Waals surface area contributed by atoms with Gasteiger partial charge in [0.25, 0.3) is 0 Å². The first-order valence-electron chi connectivity index (χ1n) is 6.58. The van der Waals surface area contributed by atoms with Crippen molar-refractivity contribution >= 4 is 5.69 Å². The van der Waals surface area contributed by atoms with Gasteiger partial charge in [-0.1, -0.05) is 6.92 Å². The molecule has 0 bridgehead atoms. The largest absolute Gasteiger partial charge is 0.371 e. The van der Waals surface area contributed by atoms with Crippen LogP contribution in [0.4, 0.5) is 5.69 Å². The van der Waals surface area contributed by atoms with Crippen molar-refractivity contribution in [3.05, 3.63) is 24.0 Å². The van der Waals surface area contributed by atoms with Crippen molar-refractivity contribution in [2.24, 2.45) is 0 Å². The van der Waals surface area contributed by atoms with E-state index >= 15 is 0 Å². The van der Waals surface area contributed by atoms with Gasteiger partial charge < -0.3 is 9.80 Å². The Bertz CT molecular complexity index is 356. The molecule has 1 aromatic heterocycles. The number of likely N-dealkylation sites (tertiary alicyclic amines) is 1. The van der Waals surface area contributed by atoms with E-state index in [-0.39, 0.29) is 0 Å². The zero-order valence-electron chi connectivity index (χ0n) is 11.2. The third kappa shape index (κ3) is 2.97. The number of pyridine rings is 1. The minimum atomic E-state index is 0.680. The number of piperidine rings is 1. The van der Waals surface area contributed by atoms with E-state index in [0.29, 0.717) is 6.04 Å². The summed E-state index contributed by atoms with van der Waals surface area (Å²) in [6.45, 7) is 7.95. The summed E-state index contributed by atoms with van der Waals surface area (Å²) in [7, 11) is 2.21. The smallest absolute Gasteiger partial charge is 0.0399 e. The van der Waals surface area contributed by atoms with Gasteiger partial charge >= 0.3 is 0 Å². The SMILES string of the molecule is CCN1CCC(N(C)c2ccnc(C)c2)CC1. The lowest BCUT2D eigenvalue weighted by Crippen LogP contribution is -2.43. The Morgan fingerprint density at radius 2 is 2.12 bits per heavy atom. The van der Waals surface area contributed by atoms with E-state index in [2.05, 4.69) is 47.8 Å². The fourth-order valence-corrected chi connectivity index (χ4v) is 2.58. The van der Waals surface area contributed by atoms with Gasteiger partial charge in [0.1, 0.15) is 0 Å². The molecule has 1 aliphatic rings. The van der Waals surface area contributed by atoms with Gasteiger partial charge in [-0.3, -0.25) is 4.98 Å². The third-order valence-corrected chi connectivity index (χ3v) is 3.84. The molecule has 1 saturated heterocycles. The standard InChI is InChI=1S/C14H23N3/c1-4-17-9-6-13(7-10-17)16(3)14-5-8-15-12(2)11-14/h5,8,11,13H,4,6-7,9-10H2,1-3H3. The van der Waals surface area contributed by atoms with E-state index in [4.69, 9.17) is 0 Å². The van der Waals surface area contributed by atoms with Gasteiger partial charge in [0.2, 0.25) is 0 Å². The van der Waals surface area contributed by atoms with Crippen LogP contribution in [0.1, 0.15) is 25.5 Å². The summed E-state index contributed by atoms with van der Waals surface area (Å²) in [5.74, 6) is 0. The number of rotatable bonds is 3. The van der Waals surface area contributed by atoms with Crippen LogP contribution in [0.2, 0.25) is 0 Å². The average Bonchev–Trinajstić information content (AvgIpc) is 2.38. The van der Waals surface area contributed by atoms with Gasteiger partial charge in [-0.2, -0.15) is 0 Å². The van der Waals surface area contributed by atoms with Gasteiger partial charge in [0.05, 0.1) is 0 Å². The molecule has 0 N–H and O–H groups in total. The number of nitrogens with zero attached hydrogens (tertiary/aromatic N) is 3. The molecule has 0 aromatic carbocycles. The van der Waals surface area contributed by atoms with E-state index in [1.165, 1.54) is 38.2 Å². The van der Waals surface area contributed by atoms with Gasteiger partial charge in [-0.15, -0.1) is 0 Å². The van der Waals surface area contributed by atoms with Crippen molar-refractivity contribution < 1.29 is 0 Å². The maximum Gasteiger partial charge on any atom is 0.0399 e. The Morgan fingerprint density at radius 1 is 1.41 bits per heavy atom. The van der Waals surface area contributed by atoms with Crippen LogP contribution < -0.4 is 4.90 Å². The lowest BCUT2D eigenvalue weighted by molar-refractivity contribution is 0.221. The molecule has 2 heterocycles. The molecule has 1 fully saturated rings. The molecule has 0 aliphatic carbocycles. The summed E-state index contributed by atoms with van der Waals surface area (Å²) in [4.78, 5) is 9.21. The van der Waals surface area contributed by atoms with Gasteiger partial charge in [0.15, 0.2) is 0 Å². The molecule has 2 rings (SSSR count). The van der Waals surface area contributed by atoms with Gasteiger partial charge in [-0.05, 0) is 38.4 Å². The van der Waals surface area contributed by atoms with E-state index in [1.54, 1.807) is 0 Å². The Balaban J connectivity index is 1.99. The minimum absolute atomic E-state index is 0.680. The highest BCUT2D eigenvalue weighted by Gasteiger charge is 2.21. The number of hydrogen-bond donors (Lipinski definition) is 0. The first-order chi connectivity index (χ1) is 8.20. The molecule has 0 unspecified atom stereocenters. The number of aromatic nitrogens is 1. The summed E-state index contributed by atoms with van der Waals surface area (Å²) < 4.78 is 0. The van der Waals surface area contributed by atoms with E-state index in [1.807, 2.05) is 6.20 Å². The molecule has 3 nitrogen and oxygen atoms in total. The second-order valence-electron chi connectivity index (χ2n) is 4.93. The molecule has 0 saturated carbocycles. The Morgan fingerprint density at radius 3 is 2.71 bits per heavy atom. The minimum Gasteiger partial charge on any atom is -0.371 e. The highest BCUT2D eigenvalue weighted by atomic mass is 15.2. The van der Waals surface area contributed by atoms with Crippen LogP contribution in [-0.4, -0.2) is 42.6 Å². The van der Waals surface area contributed by atoms with Crippen LogP contribution in [-0.2, 0) is 0 Å². The van der Waals surface area contributed by atoms with Crippen LogP contribution in [0.3, 0.4) is 0 Å². The van der Waals surface area contributed by atoms with Crippen molar-refractivity contribution in [2.45, 2.75) is 32.7 Å². The van der Waals surface area contributed by atoms with E-state index in [0.717, 1.165) is 5.69 Å². The maximum atomic E-state index is 4.26. The van der Waals surface area contributed by atoms with Crippen LogP contribution >= 0.6 is 0 Å². The fourth-order valence-electron chi connectivity index (χ4n) is 2.58. The molecule has 94 valence electrons. The lowest BCUT2D eigenvalue weighted by atomic mass is 10.0. The molecule has 0 spiro atoms. The van der Waals surface area contributed by atoms with Crippen molar-refractivity contribution in [3.8, 4) is 0 Å². The summed E-state index contributed by atoms with van der Waals surface area (Å²) in [6.07, 6.45) is 4.44. The first-order valence-corrected chi connectivity index (χ1v) is 6.58. The van der Waals surface area contributed by atoms with E-state index < -0.39 is 0 Å². The van der Waals surface area contributed by atoms with Crippen molar-refractivity contribution in [3.63, 3.8) is 0 Å². The first kappa shape index (κ1) is 12.4. The topological polar surface area (TPSA) is 19.4 Å². The molecule has 3 heteroatoms. The second kappa shape index (κ2) is 5.50. The Hall–Kier alpha value is -1.09. The number of hydrogen-bond acceptors (Lipinski definition) is 3. The predicted molar refractivity (Wildman–Crippen MR) is 72.5 cm³/mol. The summed E-state index contributed by atoms with van der Waals surface area (Å²) in [5.41, 5.74) is 2.40. The summed E-state index contributed by atoms with van der Waals surface area (Å²) >= 11 is 0. The molecule has 0 amide bonds. The Kier molecular flexibility index (Phi) is 4.00. The highest BCUT2D eigenvalue weighted by molar-refractivity contribution is 5.46. The quantitative estimate of drug-likeness (QED) is 0.798. The lowest BCUT2D eigenvalue weighted by Gasteiger charge is -2.37. The molecule has 1 aliphatic heterocycles. The van der Waals surface area contributed by atoms with Crippen molar-refractivity contribution in [1.29, 1.82) is 0 Å². The van der Waals surface area contributed by atoms with Crippen LogP contribution in [0, 0.1) is 6.92 Å². The molecule has 17 heavy (non-hydrogen) atoms. The van der Waals surface area contributed by atoms with Crippen molar-refractivity contribution in [1.82, 2.24) is 9.88 Å². The molecular weight excluding hydrogens is 210 g/mol. The molecule has 1 aromatic rings.